The van der Waals surface area contributed by atoms with E-state index in [0.29, 0.717) is 55.3 Å². The molecule has 0 aromatic heterocycles. The van der Waals surface area contributed by atoms with Gasteiger partial charge in [-0.1, -0.05) is 99.2 Å². The molecule has 5 amide bonds. The molecule has 482 valence electrons. The zero-order valence-electron chi connectivity index (χ0n) is 52.7. The van der Waals surface area contributed by atoms with Crippen LogP contribution in [0, 0.1) is 11.8 Å². The summed E-state index contributed by atoms with van der Waals surface area (Å²) in [6.07, 6.45) is 14.2. The van der Waals surface area contributed by atoms with Crippen molar-refractivity contribution in [3.8, 4) is 0 Å². The van der Waals surface area contributed by atoms with Gasteiger partial charge in [0.1, 0.15) is 29.3 Å². The number of esters is 1. The van der Waals surface area contributed by atoms with Gasteiger partial charge in [-0.25, -0.2) is 14.4 Å². The molecule has 5 atom stereocenters. The molecule has 1 unspecified atom stereocenters. The fourth-order valence-corrected chi connectivity index (χ4v) is 14.8. The van der Waals surface area contributed by atoms with Gasteiger partial charge in [0.15, 0.2) is 6.23 Å². The Hall–Kier alpha value is -4.90. The third kappa shape index (κ3) is 22.5. The lowest BCUT2D eigenvalue weighted by Gasteiger charge is -2.40. The Morgan fingerprint density at radius 3 is 1.56 bits per heavy atom. The highest BCUT2D eigenvalue weighted by Crippen LogP contribution is 2.29. The number of amides is 5. The first kappa shape index (κ1) is 68.0. The normalized spacial score (nSPS) is 22.0. The second-order valence-electron chi connectivity index (χ2n) is 26.7. The minimum atomic E-state index is -1.10. The van der Waals surface area contributed by atoms with Crippen molar-refractivity contribution in [2.24, 2.45) is 11.8 Å². The maximum absolute atomic E-state index is 15.1. The maximum atomic E-state index is 15.1. The Morgan fingerprint density at radius 2 is 1.07 bits per heavy atom. The SMILES string of the molecule is CC(C)(C)OC(=O)N1CSC[C@H]1C(=O)N[C@H](COCC1CCCCC1)CN(C(=O)/C=C/C(=O)OC(NC1CCN(Cc2ccccc2)CC1)[C@@H](COCC1CCCCC1)NC(=O)[C@@H]1CSCN1C(=O)OC(C)(C)C)C1CCN(Cc2ccccc2)CC1. The van der Waals surface area contributed by atoms with Crippen LogP contribution in [0.3, 0.4) is 0 Å². The highest BCUT2D eigenvalue weighted by molar-refractivity contribution is 7.99. The molecule has 21 heteroatoms. The van der Waals surface area contributed by atoms with E-state index in [1.54, 1.807) is 46.4 Å². The Balaban J connectivity index is 1.04. The summed E-state index contributed by atoms with van der Waals surface area (Å²) in [5, 5.41) is 10.0. The highest BCUT2D eigenvalue weighted by Gasteiger charge is 2.42. The second-order valence-corrected chi connectivity index (χ2v) is 28.7. The van der Waals surface area contributed by atoms with Crippen LogP contribution in [0.15, 0.2) is 72.8 Å². The lowest BCUT2D eigenvalue weighted by Crippen LogP contribution is -2.60. The van der Waals surface area contributed by atoms with Crippen molar-refractivity contribution in [1.29, 1.82) is 0 Å². The molecule has 3 N–H and O–H groups in total. The minimum absolute atomic E-state index is 0.0245. The van der Waals surface area contributed by atoms with E-state index in [-0.39, 0.29) is 43.6 Å². The van der Waals surface area contributed by atoms with E-state index in [9.17, 15) is 24.0 Å². The van der Waals surface area contributed by atoms with Crippen molar-refractivity contribution in [3.05, 3.63) is 83.9 Å². The van der Waals surface area contributed by atoms with E-state index in [1.807, 2.05) is 36.4 Å². The molecule has 8 rings (SSSR count). The highest BCUT2D eigenvalue weighted by atomic mass is 32.2. The summed E-state index contributed by atoms with van der Waals surface area (Å²) < 4.78 is 30.9. The number of carbonyl (C=O) groups is 6. The van der Waals surface area contributed by atoms with E-state index in [4.69, 9.17) is 23.7 Å². The monoisotopic (exact) mass is 1240 g/mol. The first-order valence-electron chi connectivity index (χ1n) is 32.2. The lowest BCUT2D eigenvalue weighted by molar-refractivity contribution is -0.150. The quantitative estimate of drug-likeness (QED) is 0.0368. The molecule has 0 radical (unpaired) electrons. The number of benzene rings is 2. The van der Waals surface area contributed by atoms with Gasteiger partial charge in [0, 0.05) is 81.7 Å². The molecule has 87 heavy (non-hydrogen) atoms. The predicted octanol–water partition coefficient (Wildman–Crippen LogP) is 8.94. The molecule has 2 aliphatic carbocycles. The second kappa shape index (κ2) is 33.8. The van der Waals surface area contributed by atoms with E-state index in [0.717, 1.165) is 110 Å². The molecule has 2 aromatic rings. The third-order valence-electron chi connectivity index (χ3n) is 17.2. The van der Waals surface area contributed by atoms with Crippen molar-refractivity contribution in [1.82, 2.24) is 40.4 Å². The molecule has 6 fully saturated rings. The molecule has 4 saturated heterocycles. The van der Waals surface area contributed by atoms with Gasteiger partial charge in [0.05, 0.1) is 31.0 Å². The van der Waals surface area contributed by atoms with E-state index >= 15 is 4.79 Å². The smallest absolute Gasteiger partial charge is 0.411 e. The van der Waals surface area contributed by atoms with Crippen LogP contribution in [0.5, 0.6) is 0 Å². The Bertz CT molecular complexity index is 2510. The van der Waals surface area contributed by atoms with Crippen LogP contribution in [0.1, 0.15) is 143 Å². The van der Waals surface area contributed by atoms with Gasteiger partial charge in [-0.2, -0.15) is 0 Å². The van der Waals surface area contributed by atoms with Crippen molar-refractivity contribution in [2.45, 2.75) is 198 Å². The molecule has 2 saturated carbocycles. The number of hydrogen-bond acceptors (Lipinski definition) is 16. The van der Waals surface area contributed by atoms with Gasteiger partial charge in [-0.3, -0.25) is 39.3 Å². The van der Waals surface area contributed by atoms with Gasteiger partial charge in [-0.05, 0) is 129 Å². The van der Waals surface area contributed by atoms with Crippen LogP contribution in [0.2, 0.25) is 0 Å². The summed E-state index contributed by atoms with van der Waals surface area (Å²) in [7, 11) is 0. The first-order chi connectivity index (χ1) is 41.8. The number of likely N-dealkylation sites (tertiary alicyclic amines) is 2. The zero-order chi connectivity index (χ0) is 61.8. The average molecular weight is 1250 g/mol. The van der Waals surface area contributed by atoms with Crippen LogP contribution in [-0.2, 0) is 56.0 Å². The van der Waals surface area contributed by atoms with Crippen molar-refractivity contribution in [2.75, 3.05) is 82.4 Å². The first-order valence-corrected chi connectivity index (χ1v) is 34.5. The zero-order valence-corrected chi connectivity index (χ0v) is 54.3. The predicted molar refractivity (Wildman–Crippen MR) is 340 cm³/mol. The minimum Gasteiger partial charge on any atom is -0.444 e. The molecule has 4 heterocycles. The van der Waals surface area contributed by atoms with E-state index in [1.165, 1.54) is 63.4 Å². The molecule has 6 aliphatic rings. The van der Waals surface area contributed by atoms with Gasteiger partial charge in [-0.15, -0.1) is 23.5 Å². The summed E-state index contributed by atoms with van der Waals surface area (Å²) in [5.74, 6) is 0.113. The summed E-state index contributed by atoms with van der Waals surface area (Å²) in [6, 6.07) is 17.1. The Morgan fingerprint density at radius 1 is 0.598 bits per heavy atom. The fourth-order valence-electron chi connectivity index (χ4n) is 12.5. The van der Waals surface area contributed by atoms with E-state index < -0.39 is 71.6 Å². The molecule has 19 nitrogen and oxygen atoms in total. The maximum Gasteiger partial charge on any atom is 0.411 e. The number of ether oxygens (including phenoxy) is 5. The average Bonchev–Trinajstić information content (AvgIpc) is 2.93. The summed E-state index contributed by atoms with van der Waals surface area (Å²) in [6.45, 7) is 16.6. The number of nitrogens with one attached hydrogen (secondary N) is 3. The number of hydrogen-bond donors (Lipinski definition) is 3. The number of thioether (sulfide) groups is 2. The number of piperidine rings is 2. The van der Waals surface area contributed by atoms with Crippen LogP contribution in [0.4, 0.5) is 9.59 Å². The largest absolute Gasteiger partial charge is 0.444 e. The fraction of sp³-hybridized carbons (Fsp3) is 0.697. The summed E-state index contributed by atoms with van der Waals surface area (Å²) in [4.78, 5) is 95.2. The van der Waals surface area contributed by atoms with Crippen LogP contribution < -0.4 is 16.0 Å². The van der Waals surface area contributed by atoms with Gasteiger partial charge >= 0.3 is 18.2 Å². The molecule has 4 aliphatic heterocycles. The van der Waals surface area contributed by atoms with Crippen LogP contribution >= 0.6 is 23.5 Å². The van der Waals surface area contributed by atoms with Gasteiger partial charge in [0.2, 0.25) is 17.7 Å². The van der Waals surface area contributed by atoms with Crippen LogP contribution in [0.25, 0.3) is 0 Å². The molecular weight excluding hydrogens is 1140 g/mol. The molecule has 0 bridgehead atoms. The van der Waals surface area contributed by atoms with Crippen molar-refractivity contribution in [3.63, 3.8) is 0 Å². The van der Waals surface area contributed by atoms with Crippen molar-refractivity contribution >= 4 is 59.4 Å². The van der Waals surface area contributed by atoms with Gasteiger partial charge < -0.3 is 39.2 Å². The molecule has 0 spiro atoms. The Kier molecular flexibility index (Phi) is 26.4. The standard InChI is InChI=1S/C66H100N8O11S2/c1-65(2,3)84-63(79)73-46-86-44-56(73)60(77)67-53(42-81-40-50-23-15-9-16-24-50)39-72(54-31-35-71(36-32-54)38-49-21-13-8-14-22-49)58(75)27-28-59(76)83-62(68-52-29-33-70(34-30-52)37-48-19-11-7-12-20-48)55(43-82-41-51-25-17-10-18-26-51)69-61(78)57-45-87-47-74(57)64(80)85-66(4,5)6/h7-8,11-14,19-22,27-28,50-57,62,68H,9-10,15-18,23-26,29-47H2,1-6H3,(H,67,77)(H,69,78)/b28-27+/t53-,55+,56-,57-,62?/m0/s1. The molecular formula is C66H100N8O11S2. The van der Waals surface area contributed by atoms with E-state index in [2.05, 4.69) is 50.0 Å². The number of nitrogens with zero attached hydrogens (tertiary/aromatic N) is 5. The molecule has 2 aromatic carbocycles. The summed E-state index contributed by atoms with van der Waals surface area (Å²) in [5.41, 5.74) is 0.908. The van der Waals surface area contributed by atoms with Crippen LogP contribution in [-0.4, -0.2) is 196 Å². The number of rotatable bonds is 25. The van der Waals surface area contributed by atoms with Gasteiger partial charge in [0.25, 0.3) is 0 Å². The summed E-state index contributed by atoms with van der Waals surface area (Å²) >= 11 is 2.94. The Labute approximate surface area is 526 Å². The lowest BCUT2D eigenvalue weighted by atomic mass is 9.90. The topological polar surface area (TPSA) is 201 Å². The van der Waals surface area contributed by atoms with Crippen molar-refractivity contribution < 1.29 is 52.5 Å². The number of carbonyl (C=O) groups excluding carboxylic acids is 6. The third-order valence-corrected chi connectivity index (χ3v) is 19.3.